The Morgan fingerprint density at radius 1 is 0.897 bits per heavy atom. The second kappa shape index (κ2) is 8.40. The minimum atomic E-state index is -1.05. The highest BCUT2D eigenvalue weighted by Crippen LogP contribution is 2.45. The molecule has 2 N–H and O–H groups in total. The standard InChI is InChI=1S/C21H22FNO6/c1-26-16-6-5-11(7-14(16)22)13-10-15(24)20(23-25)19(13)12-8-17(27-2)21(29-4)18(9-12)28-3/h5-9,15,24-25H,10H2,1-4H3/b23-20+. The van der Waals surface area contributed by atoms with E-state index in [1.54, 1.807) is 18.2 Å². The molecular weight excluding hydrogens is 381 g/mol. The molecule has 1 aliphatic rings. The summed E-state index contributed by atoms with van der Waals surface area (Å²) in [5, 5.41) is 23.3. The predicted octanol–water partition coefficient (Wildman–Crippen LogP) is 3.37. The van der Waals surface area contributed by atoms with E-state index >= 15 is 0 Å². The highest BCUT2D eigenvalue weighted by Gasteiger charge is 2.33. The Morgan fingerprint density at radius 2 is 1.52 bits per heavy atom. The van der Waals surface area contributed by atoms with Gasteiger partial charge >= 0.3 is 0 Å². The zero-order chi connectivity index (χ0) is 21.1. The Balaban J connectivity index is 2.27. The lowest BCUT2D eigenvalue weighted by Crippen LogP contribution is -2.15. The summed E-state index contributed by atoms with van der Waals surface area (Å²) in [6.45, 7) is 0. The van der Waals surface area contributed by atoms with Gasteiger partial charge in [-0.25, -0.2) is 4.39 Å². The first-order valence-corrected chi connectivity index (χ1v) is 8.76. The van der Waals surface area contributed by atoms with Gasteiger partial charge in [0.05, 0.1) is 28.4 Å². The minimum absolute atomic E-state index is 0.0745. The monoisotopic (exact) mass is 403 g/mol. The van der Waals surface area contributed by atoms with Crippen LogP contribution in [0.25, 0.3) is 11.1 Å². The van der Waals surface area contributed by atoms with Gasteiger partial charge in [-0.15, -0.1) is 0 Å². The first kappa shape index (κ1) is 20.5. The molecule has 0 saturated carbocycles. The lowest BCUT2D eigenvalue weighted by Gasteiger charge is -2.16. The Hall–Kier alpha value is -3.26. The van der Waals surface area contributed by atoms with Crippen LogP contribution in [0.5, 0.6) is 23.0 Å². The number of oxime groups is 1. The largest absolute Gasteiger partial charge is 0.494 e. The molecule has 3 rings (SSSR count). The highest BCUT2D eigenvalue weighted by atomic mass is 19.1. The Kier molecular flexibility index (Phi) is 5.93. The molecule has 2 aromatic rings. The van der Waals surface area contributed by atoms with Gasteiger partial charge in [-0.2, -0.15) is 0 Å². The molecule has 154 valence electrons. The molecule has 7 nitrogen and oxygen atoms in total. The van der Waals surface area contributed by atoms with Gasteiger partial charge in [0.15, 0.2) is 23.1 Å². The number of aliphatic hydroxyl groups excluding tert-OH is 1. The molecule has 0 heterocycles. The van der Waals surface area contributed by atoms with Crippen LogP contribution in [-0.4, -0.2) is 50.6 Å². The number of benzene rings is 2. The van der Waals surface area contributed by atoms with Gasteiger partial charge < -0.3 is 29.3 Å². The average Bonchev–Trinajstić information content (AvgIpc) is 3.08. The summed E-state index contributed by atoms with van der Waals surface area (Å²) in [6.07, 6.45) is -0.897. The van der Waals surface area contributed by atoms with Crippen molar-refractivity contribution in [3.8, 4) is 23.0 Å². The zero-order valence-electron chi connectivity index (χ0n) is 16.5. The van der Waals surface area contributed by atoms with Gasteiger partial charge in [0, 0.05) is 12.0 Å². The highest BCUT2D eigenvalue weighted by molar-refractivity contribution is 6.35. The second-order valence-electron chi connectivity index (χ2n) is 6.32. The van der Waals surface area contributed by atoms with Crippen molar-refractivity contribution in [2.24, 2.45) is 5.16 Å². The molecule has 0 amide bonds. The average molecular weight is 403 g/mol. The van der Waals surface area contributed by atoms with Crippen LogP contribution in [0.15, 0.2) is 35.5 Å². The van der Waals surface area contributed by atoms with E-state index in [9.17, 15) is 14.7 Å². The summed E-state index contributed by atoms with van der Waals surface area (Å²) in [7, 11) is 5.85. The number of methoxy groups -OCH3 is 4. The quantitative estimate of drug-likeness (QED) is 0.568. The number of aliphatic hydroxyl groups is 1. The number of halogens is 1. The summed E-state index contributed by atoms with van der Waals surface area (Å²) < 4.78 is 35.4. The maximum Gasteiger partial charge on any atom is 0.203 e. The molecule has 0 radical (unpaired) electrons. The van der Waals surface area contributed by atoms with Gasteiger partial charge in [0.25, 0.3) is 0 Å². The van der Waals surface area contributed by atoms with Gasteiger partial charge in [-0.3, -0.25) is 0 Å². The van der Waals surface area contributed by atoms with Crippen LogP contribution in [0.4, 0.5) is 4.39 Å². The van der Waals surface area contributed by atoms with Crippen LogP contribution in [0.3, 0.4) is 0 Å². The first-order chi connectivity index (χ1) is 14.0. The second-order valence-corrected chi connectivity index (χ2v) is 6.32. The van der Waals surface area contributed by atoms with Gasteiger partial charge in [0.1, 0.15) is 11.8 Å². The van der Waals surface area contributed by atoms with Crippen LogP contribution < -0.4 is 18.9 Å². The van der Waals surface area contributed by atoms with E-state index in [0.717, 1.165) is 0 Å². The normalized spacial score (nSPS) is 17.6. The first-order valence-electron chi connectivity index (χ1n) is 8.76. The topological polar surface area (TPSA) is 89.7 Å². The van der Waals surface area contributed by atoms with E-state index in [1.807, 2.05) is 0 Å². The van der Waals surface area contributed by atoms with E-state index in [4.69, 9.17) is 18.9 Å². The molecule has 1 atom stereocenters. The van der Waals surface area contributed by atoms with Crippen molar-refractivity contribution in [2.45, 2.75) is 12.5 Å². The fourth-order valence-corrected chi connectivity index (χ4v) is 3.49. The van der Waals surface area contributed by atoms with Gasteiger partial charge in [-0.05, 0) is 41.0 Å². The molecule has 0 fully saturated rings. The van der Waals surface area contributed by atoms with E-state index < -0.39 is 11.9 Å². The molecule has 0 bridgehead atoms. The fourth-order valence-electron chi connectivity index (χ4n) is 3.49. The van der Waals surface area contributed by atoms with Crippen molar-refractivity contribution >= 4 is 16.9 Å². The molecule has 0 saturated heterocycles. The Bertz CT molecular complexity index is 960. The van der Waals surface area contributed by atoms with Crippen molar-refractivity contribution < 1.29 is 33.7 Å². The molecule has 0 aromatic heterocycles. The third kappa shape index (κ3) is 3.58. The van der Waals surface area contributed by atoms with Crippen molar-refractivity contribution in [1.82, 2.24) is 0 Å². The van der Waals surface area contributed by atoms with Crippen LogP contribution in [0.2, 0.25) is 0 Å². The molecule has 0 spiro atoms. The summed E-state index contributed by atoms with van der Waals surface area (Å²) in [6, 6.07) is 7.87. The van der Waals surface area contributed by atoms with Crippen molar-refractivity contribution in [2.75, 3.05) is 28.4 Å². The molecule has 1 unspecified atom stereocenters. The summed E-state index contributed by atoms with van der Waals surface area (Å²) in [5.74, 6) is 0.767. The van der Waals surface area contributed by atoms with E-state index in [-0.39, 0.29) is 17.9 Å². The van der Waals surface area contributed by atoms with E-state index in [1.165, 1.54) is 40.6 Å². The number of rotatable bonds is 6. The van der Waals surface area contributed by atoms with E-state index in [2.05, 4.69) is 5.16 Å². The van der Waals surface area contributed by atoms with Crippen LogP contribution >= 0.6 is 0 Å². The lowest BCUT2D eigenvalue weighted by atomic mass is 9.95. The molecule has 29 heavy (non-hydrogen) atoms. The maximum absolute atomic E-state index is 14.3. The van der Waals surface area contributed by atoms with Crippen LogP contribution in [0, 0.1) is 5.82 Å². The molecule has 1 aliphatic carbocycles. The van der Waals surface area contributed by atoms with Crippen LogP contribution in [-0.2, 0) is 0 Å². The number of hydrogen-bond donors (Lipinski definition) is 2. The predicted molar refractivity (Wildman–Crippen MR) is 106 cm³/mol. The zero-order valence-corrected chi connectivity index (χ0v) is 16.5. The number of ether oxygens (including phenoxy) is 4. The summed E-state index contributed by atoms with van der Waals surface area (Å²) >= 11 is 0. The molecular formula is C21H22FNO6. The molecule has 8 heteroatoms. The number of hydrogen-bond acceptors (Lipinski definition) is 7. The molecule has 0 aliphatic heterocycles. The third-order valence-corrected chi connectivity index (χ3v) is 4.83. The number of nitrogens with zero attached hydrogens (tertiary/aromatic N) is 1. The van der Waals surface area contributed by atoms with Crippen LogP contribution in [0.1, 0.15) is 17.5 Å². The minimum Gasteiger partial charge on any atom is -0.494 e. The SMILES string of the molecule is COc1ccc(C2=C(c3cc(OC)c(OC)c(OC)c3)/C(=N/O)C(O)C2)cc1F. The van der Waals surface area contributed by atoms with Gasteiger partial charge in [-0.1, -0.05) is 11.2 Å². The third-order valence-electron chi connectivity index (χ3n) is 4.83. The van der Waals surface area contributed by atoms with Crippen molar-refractivity contribution in [3.63, 3.8) is 0 Å². The summed E-state index contributed by atoms with van der Waals surface area (Å²) in [4.78, 5) is 0. The Morgan fingerprint density at radius 3 is 2.00 bits per heavy atom. The fraction of sp³-hybridized carbons (Fsp3) is 0.286. The Labute approximate surface area is 167 Å². The van der Waals surface area contributed by atoms with E-state index in [0.29, 0.717) is 39.5 Å². The maximum atomic E-state index is 14.3. The van der Waals surface area contributed by atoms with Gasteiger partial charge in [0.2, 0.25) is 5.75 Å². The van der Waals surface area contributed by atoms with Crippen molar-refractivity contribution in [1.29, 1.82) is 0 Å². The van der Waals surface area contributed by atoms with Crippen molar-refractivity contribution in [3.05, 3.63) is 47.3 Å². The smallest absolute Gasteiger partial charge is 0.203 e. The lowest BCUT2D eigenvalue weighted by molar-refractivity contribution is 0.240. The summed E-state index contributed by atoms with van der Waals surface area (Å²) in [5.41, 5.74) is 2.25. The molecule has 2 aromatic carbocycles.